The number of hydrogen-bond acceptors (Lipinski definition) is 5. The van der Waals surface area contributed by atoms with E-state index < -0.39 is 10.0 Å². The number of rotatable bonds is 11. The number of nitrogens with one attached hydrogen (secondary N) is 3. The van der Waals surface area contributed by atoms with Crippen molar-refractivity contribution in [3.05, 3.63) is 24.5 Å². The van der Waals surface area contributed by atoms with Gasteiger partial charge in [0.1, 0.15) is 4.90 Å². The molecule has 1 aromatic rings. The Bertz CT molecular complexity index is 710. The topological polar surface area (TPSA) is 105 Å². The van der Waals surface area contributed by atoms with E-state index in [9.17, 15) is 8.42 Å². The van der Waals surface area contributed by atoms with Gasteiger partial charge in [-0.15, -0.1) is 24.0 Å². The molecule has 10 heteroatoms. The van der Waals surface area contributed by atoms with Gasteiger partial charge in [0.15, 0.2) is 5.96 Å². The van der Waals surface area contributed by atoms with Gasteiger partial charge in [-0.05, 0) is 43.7 Å². The summed E-state index contributed by atoms with van der Waals surface area (Å²) >= 11 is 0. The van der Waals surface area contributed by atoms with Gasteiger partial charge >= 0.3 is 0 Å². The average molecular weight is 539 g/mol. The first kappa shape index (κ1) is 26.1. The molecule has 0 aromatic carbocycles. The van der Waals surface area contributed by atoms with Crippen molar-refractivity contribution in [2.24, 2.45) is 10.4 Å². The van der Waals surface area contributed by atoms with Crippen molar-refractivity contribution in [1.29, 1.82) is 0 Å². The molecule has 1 aliphatic rings. The molecule has 2 rings (SSSR count). The lowest BCUT2D eigenvalue weighted by Gasteiger charge is -2.27. The van der Waals surface area contributed by atoms with Crippen molar-refractivity contribution in [2.75, 3.05) is 39.9 Å². The van der Waals surface area contributed by atoms with Gasteiger partial charge in [-0.3, -0.25) is 9.98 Å². The Kier molecular flexibility index (Phi) is 12.0. The number of aliphatic imine (C=N–C) groups is 1. The summed E-state index contributed by atoms with van der Waals surface area (Å²) in [6, 6.07) is 3.13. The molecule has 29 heavy (non-hydrogen) atoms. The molecule has 1 saturated carbocycles. The van der Waals surface area contributed by atoms with E-state index in [0.29, 0.717) is 12.5 Å². The fourth-order valence-electron chi connectivity index (χ4n) is 3.47. The molecule has 166 valence electrons. The summed E-state index contributed by atoms with van der Waals surface area (Å²) in [5, 5.41) is 6.44. The lowest BCUT2D eigenvalue weighted by atomic mass is 9.83. The number of aromatic nitrogens is 1. The molecule has 0 spiro atoms. The van der Waals surface area contributed by atoms with Gasteiger partial charge < -0.3 is 15.4 Å². The molecule has 0 radical (unpaired) electrons. The van der Waals surface area contributed by atoms with E-state index in [1.807, 2.05) is 6.92 Å². The second-order valence-corrected chi connectivity index (χ2v) is 8.93. The Balaban J connectivity index is 0.00000420. The predicted molar refractivity (Wildman–Crippen MR) is 126 cm³/mol. The zero-order valence-electron chi connectivity index (χ0n) is 17.3. The van der Waals surface area contributed by atoms with Gasteiger partial charge in [-0.2, -0.15) is 0 Å². The number of nitrogens with zero attached hydrogens (tertiary/aromatic N) is 2. The summed E-state index contributed by atoms with van der Waals surface area (Å²) in [6.07, 6.45) is 8.77. The van der Waals surface area contributed by atoms with Crippen molar-refractivity contribution < 1.29 is 13.2 Å². The van der Waals surface area contributed by atoms with Gasteiger partial charge in [0.2, 0.25) is 10.0 Å². The van der Waals surface area contributed by atoms with Crippen molar-refractivity contribution in [3.63, 3.8) is 0 Å². The summed E-state index contributed by atoms with van der Waals surface area (Å²) in [5.74, 6) is 0.715. The van der Waals surface area contributed by atoms with Crippen LogP contribution in [0.4, 0.5) is 0 Å². The Morgan fingerprint density at radius 3 is 2.66 bits per heavy atom. The molecule has 0 amide bonds. The Morgan fingerprint density at radius 1 is 1.28 bits per heavy atom. The van der Waals surface area contributed by atoms with E-state index in [1.165, 1.54) is 37.9 Å². The lowest BCUT2D eigenvalue weighted by Crippen LogP contribution is -2.42. The minimum atomic E-state index is -3.54. The first-order valence-corrected chi connectivity index (χ1v) is 11.4. The van der Waals surface area contributed by atoms with Gasteiger partial charge in [-0.1, -0.05) is 12.8 Å². The average Bonchev–Trinajstić information content (AvgIpc) is 3.17. The maximum absolute atomic E-state index is 12.2. The molecule has 0 unspecified atom stereocenters. The summed E-state index contributed by atoms with van der Waals surface area (Å²) in [7, 11) is -1.80. The standard InChI is InChI=1S/C19H33N5O3S.HI/c1-3-21-18(23-16-19(10-14-27-2)8-4-5-9-19)22-12-13-24-28(25,26)17-7-6-11-20-15-17;/h6-7,11,15,24H,3-5,8-10,12-14,16H2,1-2H3,(H2,21,22,23);1H. The summed E-state index contributed by atoms with van der Waals surface area (Å²) in [4.78, 5) is 8.78. The van der Waals surface area contributed by atoms with Crippen LogP contribution in [0.5, 0.6) is 0 Å². The lowest BCUT2D eigenvalue weighted by molar-refractivity contribution is 0.141. The molecule has 0 aliphatic heterocycles. The Morgan fingerprint density at radius 2 is 2.03 bits per heavy atom. The first-order valence-electron chi connectivity index (χ1n) is 9.92. The second kappa shape index (κ2) is 13.3. The van der Waals surface area contributed by atoms with Gasteiger partial charge in [0.05, 0.1) is 0 Å². The third kappa shape index (κ3) is 8.73. The van der Waals surface area contributed by atoms with E-state index in [0.717, 1.165) is 26.1 Å². The van der Waals surface area contributed by atoms with Crippen molar-refractivity contribution in [1.82, 2.24) is 20.3 Å². The third-order valence-corrected chi connectivity index (χ3v) is 6.52. The van der Waals surface area contributed by atoms with Crippen LogP contribution in [0.3, 0.4) is 0 Å². The zero-order chi connectivity index (χ0) is 20.3. The third-order valence-electron chi connectivity index (χ3n) is 5.07. The number of ether oxygens (including phenoxy) is 1. The molecular formula is C19H34IN5O3S. The van der Waals surface area contributed by atoms with Crippen LogP contribution in [0, 0.1) is 5.41 Å². The molecule has 1 fully saturated rings. The fraction of sp³-hybridized carbons (Fsp3) is 0.684. The highest BCUT2D eigenvalue weighted by atomic mass is 127. The van der Waals surface area contributed by atoms with Gasteiger partial charge in [0.25, 0.3) is 0 Å². The fourth-order valence-corrected chi connectivity index (χ4v) is 4.47. The van der Waals surface area contributed by atoms with Crippen molar-refractivity contribution >= 4 is 40.0 Å². The number of pyridine rings is 1. The predicted octanol–water partition coefficient (Wildman–Crippen LogP) is 2.13. The highest BCUT2D eigenvalue weighted by Gasteiger charge is 2.33. The van der Waals surface area contributed by atoms with Crippen LogP contribution in [-0.2, 0) is 14.8 Å². The maximum Gasteiger partial charge on any atom is 0.242 e. The van der Waals surface area contributed by atoms with Crippen LogP contribution >= 0.6 is 24.0 Å². The first-order chi connectivity index (χ1) is 13.5. The molecule has 3 N–H and O–H groups in total. The van der Waals surface area contributed by atoms with E-state index >= 15 is 0 Å². The summed E-state index contributed by atoms with van der Waals surface area (Å²) < 4.78 is 32.3. The minimum absolute atomic E-state index is 0. The SMILES string of the molecule is CCNC(=NCC1(CCOC)CCCC1)NCCNS(=O)(=O)c1cccnc1.I. The van der Waals surface area contributed by atoms with Crippen LogP contribution in [0.15, 0.2) is 34.4 Å². The monoisotopic (exact) mass is 539 g/mol. The Hall–Kier alpha value is -0.980. The second-order valence-electron chi connectivity index (χ2n) is 7.16. The molecule has 8 nitrogen and oxygen atoms in total. The molecule has 0 saturated heterocycles. The maximum atomic E-state index is 12.2. The smallest absolute Gasteiger partial charge is 0.242 e. The van der Waals surface area contributed by atoms with Crippen LogP contribution < -0.4 is 15.4 Å². The number of sulfonamides is 1. The van der Waals surface area contributed by atoms with Crippen LogP contribution in [-0.4, -0.2) is 59.3 Å². The van der Waals surface area contributed by atoms with Crippen molar-refractivity contribution in [2.45, 2.75) is 43.9 Å². The highest BCUT2D eigenvalue weighted by Crippen LogP contribution is 2.41. The Labute approximate surface area is 191 Å². The zero-order valence-corrected chi connectivity index (χ0v) is 20.5. The summed E-state index contributed by atoms with van der Waals surface area (Å²) in [5.41, 5.74) is 0.222. The highest BCUT2D eigenvalue weighted by molar-refractivity contribution is 14.0. The quantitative estimate of drug-likeness (QED) is 0.172. The largest absolute Gasteiger partial charge is 0.385 e. The van der Waals surface area contributed by atoms with Crippen LogP contribution in [0.25, 0.3) is 0 Å². The normalized spacial score (nSPS) is 16.3. The number of methoxy groups -OCH3 is 1. The van der Waals surface area contributed by atoms with E-state index in [4.69, 9.17) is 9.73 Å². The molecule has 1 aromatic heterocycles. The molecule has 1 aliphatic carbocycles. The van der Waals surface area contributed by atoms with E-state index in [1.54, 1.807) is 19.4 Å². The number of hydrogen-bond donors (Lipinski definition) is 3. The minimum Gasteiger partial charge on any atom is -0.385 e. The van der Waals surface area contributed by atoms with Gasteiger partial charge in [-0.25, -0.2) is 13.1 Å². The van der Waals surface area contributed by atoms with E-state index in [-0.39, 0.29) is 40.8 Å². The van der Waals surface area contributed by atoms with E-state index in [2.05, 4.69) is 20.3 Å². The van der Waals surface area contributed by atoms with Gasteiger partial charge in [0, 0.05) is 52.3 Å². The number of guanidine groups is 1. The molecular weight excluding hydrogens is 505 g/mol. The van der Waals surface area contributed by atoms with Crippen LogP contribution in [0.1, 0.15) is 39.0 Å². The number of halogens is 1. The molecule has 0 atom stereocenters. The molecule has 0 bridgehead atoms. The molecule has 1 heterocycles. The van der Waals surface area contributed by atoms with Crippen LogP contribution in [0.2, 0.25) is 0 Å². The summed E-state index contributed by atoms with van der Waals surface area (Å²) in [6.45, 7) is 4.98. The van der Waals surface area contributed by atoms with Crippen molar-refractivity contribution in [3.8, 4) is 0 Å².